The summed E-state index contributed by atoms with van der Waals surface area (Å²) in [7, 11) is 0. The number of carbonyl (C=O) groups is 1. The van der Waals surface area contributed by atoms with Gasteiger partial charge in [-0.3, -0.25) is 4.79 Å². The Balaban J connectivity index is 0.000000806. The van der Waals surface area contributed by atoms with Crippen LogP contribution in [0.5, 0.6) is 5.75 Å². The van der Waals surface area contributed by atoms with Crippen LogP contribution in [0.4, 0.5) is 5.69 Å². The Morgan fingerprint density at radius 2 is 1.87 bits per heavy atom. The van der Waals surface area contributed by atoms with E-state index in [1.54, 1.807) is 0 Å². The van der Waals surface area contributed by atoms with Gasteiger partial charge in [-0.1, -0.05) is 42.5 Å². The highest BCUT2D eigenvalue weighted by Crippen LogP contribution is 2.33. The van der Waals surface area contributed by atoms with Crippen molar-refractivity contribution < 1.29 is 14.6 Å². The number of hydrogen-bond acceptors (Lipinski definition) is 4. The third-order valence-electron chi connectivity index (χ3n) is 4.69. The van der Waals surface area contributed by atoms with Crippen LogP contribution in [0.3, 0.4) is 0 Å². The number of carboxylic acid groups (broad SMARTS) is 1. The van der Waals surface area contributed by atoms with Gasteiger partial charge in [0, 0.05) is 17.6 Å². The Kier molecular flexibility index (Phi) is 6.36. The molecular formula is C24H21N3O3. The summed E-state index contributed by atoms with van der Waals surface area (Å²) in [6, 6.07) is 24.0. The minimum Gasteiger partial charge on any atom is -0.488 e. The number of fused-ring (bicyclic) bond motifs is 1. The SMILES string of the molecule is Cc1ccc(-n2cc(C#N)c3c(OCc4ccccc4)cccc32)cc1N.O=CO. The summed E-state index contributed by atoms with van der Waals surface area (Å²) >= 11 is 0. The van der Waals surface area contributed by atoms with Crippen molar-refractivity contribution in [3.05, 3.63) is 89.6 Å². The van der Waals surface area contributed by atoms with Crippen LogP contribution in [-0.4, -0.2) is 16.1 Å². The van der Waals surface area contributed by atoms with Crippen molar-refractivity contribution in [1.82, 2.24) is 4.57 Å². The van der Waals surface area contributed by atoms with Crippen molar-refractivity contribution in [1.29, 1.82) is 5.26 Å². The van der Waals surface area contributed by atoms with Crippen LogP contribution in [0.2, 0.25) is 0 Å². The van der Waals surface area contributed by atoms with Gasteiger partial charge in [0.2, 0.25) is 0 Å². The van der Waals surface area contributed by atoms with Crippen molar-refractivity contribution in [2.75, 3.05) is 5.73 Å². The average Bonchev–Trinajstić information content (AvgIpc) is 3.15. The molecule has 0 saturated heterocycles. The van der Waals surface area contributed by atoms with Gasteiger partial charge in [-0.15, -0.1) is 0 Å². The molecule has 3 aromatic carbocycles. The molecule has 0 spiro atoms. The maximum absolute atomic E-state index is 9.66. The molecular weight excluding hydrogens is 378 g/mol. The van der Waals surface area contributed by atoms with Gasteiger partial charge in [-0.2, -0.15) is 5.26 Å². The molecule has 0 aliphatic carbocycles. The molecule has 0 bridgehead atoms. The van der Waals surface area contributed by atoms with Gasteiger partial charge in [0.25, 0.3) is 6.47 Å². The number of ether oxygens (including phenoxy) is 1. The molecule has 0 amide bonds. The second kappa shape index (κ2) is 9.30. The van der Waals surface area contributed by atoms with Gasteiger partial charge >= 0.3 is 0 Å². The lowest BCUT2D eigenvalue weighted by Crippen LogP contribution is -1.97. The number of aryl methyl sites for hydroxylation is 1. The number of benzene rings is 3. The summed E-state index contributed by atoms with van der Waals surface area (Å²) in [6.07, 6.45) is 1.84. The van der Waals surface area contributed by atoms with E-state index in [4.69, 9.17) is 20.4 Å². The highest BCUT2D eigenvalue weighted by Gasteiger charge is 2.15. The summed E-state index contributed by atoms with van der Waals surface area (Å²) in [5.41, 5.74) is 11.3. The normalized spacial score (nSPS) is 10.0. The molecule has 30 heavy (non-hydrogen) atoms. The van der Waals surface area contributed by atoms with E-state index in [0.29, 0.717) is 17.9 Å². The first kappa shape index (κ1) is 20.5. The Morgan fingerprint density at radius 1 is 1.13 bits per heavy atom. The zero-order chi connectivity index (χ0) is 21.5. The van der Waals surface area contributed by atoms with E-state index in [-0.39, 0.29) is 6.47 Å². The van der Waals surface area contributed by atoms with Crippen molar-refractivity contribution in [3.8, 4) is 17.5 Å². The quantitative estimate of drug-likeness (QED) is 0.383. The van der Waals surface area contributed by atoms with Gasteiger partial charge in [-0.25, -0.2) is 0 Å². The standard InChI is InChI=1S/C23H19N3O.CH2O2/c1-16-10-11-19(12-20(16)25)26-14-18(13-24)23-21(26)8-5-9-22(23)27-15-17-6-3-2-4-7-17;2-1-3/h2-12,14H,15,25H2,1H3;1H,(H,2,3). The van der Waals surface area contributed by atoms with Crippen molar-refractivity contribution in [3.63, 3.8) is 0 Å². The molecule has 6 nitrogen and oxygen atoms in total. The van der Waals surface area contributed by atoms with E-state index < -0.39 is 0 Å². The van der Waals surface area contributed by atoms with E-state index >= 15 is 0 Å². The number of aromatic nitrogens is 1. The molecule has 6 heteroatoms. The predicted molar refractivity (Wildman–Crippen MR) is 117 cm³/mol. The summed E-state index contributed by atoms with van der Waals surface area (Å²) in [5, 5.41) is 17.4. The van der Waals surface area contributed by atoms with E-state index in [9.17, 15) is 5.26 Å². The van der Waals surface area contributed by atoms with Crippen LogP contribution in [0.25, 0.3) is 16.6 Å². The molecule has 4 rings (SSSR count). The molecule has 0 aliphatic rings. The van der Waals surface area contributed by atoms with Gasteiger partial charge in [0.1, 0.15) is 18.4 Å². The minimum atomic E-state index is -0.250. The number of nitriles is 1. The maximum Gasteiger partial charge on any atom is 0.290 e. The van der Waals surface area contributed by atoms with Crippen LogP contribution in [-0.2, 0) is 11.4 Å². The Morgan fingerprint density at radius 3 is 2.53 bits per heavy atom. The Hall–Kier alpha value is -4.24. The first-order chi connectivity index (χ1) is 14.6. The summed E-state index contributed by atoms with van der Waals surface area (Å²) in [6.45, 7) is 2.18. The van der Waals surface area contributed by atoms with Crippen molar-refractivity contribution in [2.24, 2.45) is 0 Å². The molecule has 150 valence electrons. The fourth-order valence-corrected chi connectivity index (χ4v) is 3.19. The van der Waals surface area contributed by atoms with E-state index in [1.165, 1.54) is 0 Å². The fourth-order valence-electron chi connectivity index (χ4n) is 3.19. The van der Waals surface area contributed by atoms with E-state index in [0.717, 1.165) is 33.4 Å². The Bertz CT molecular complexity index is 1210. The zero-order valence-electron chi connectivity index (χ0n) is 16.4. The molecule has 1 aromatic heterocycles. The highest BCUT2D eigenvalue weighted by molar-refractivity contribution is 5.93. The lowest BCUT2D eigenvalue weighted by molar-refractivity contribution is -0.122. The van der Waals surface area contributed by atoms with Crippen LogP contribution >= 0.6 is 0 Å². The molecule has 3 N–H and O–H groups in total. The van der Waals surface area contributed by atoms with Gasteiger partial charge in [0.05, 0.1) is 16.5 Å². The topological polar surface area (TPSA) is 101 Å². The van der Waals surface area contributed by atoms with Crippen LogP contribution in [0, 0.1) is 18.3 Å². The molecule has 0 saturated carbocycles. The molecule has 0 fully saturated rings. The number of anilines is 1. The van der Waals surface area contributed by atoms with Crippen LogP contribution in [0.15, 0.2) is 72.9 Å². The average molecular weight is 399 g/mol. The third-order valence-corrected chi connectivity index (χ3v) is 4.69. The third kappa shape index (κ3) is 4.26. The molecule has 0 atom stereocenters. The molecule has 0 unspecified atom stereocenters. The summed E-state index contributed by atoms with van der Waals surface area (Å²) in [5.74, 6) is 0.701. The largest absolute Gasteiger partial charge is 0.488 e. The molecule has 0 radical (unpaired) electrons. The zero-order valence-corrected chi connectivity index (χ0v) is 16.4. The van der Waals surface area contributed by atoms with Crippen molar-refractivity contribution >= 4 is 23.1 Å². The predicted octanol–water partition coefficient (Wildman–Crippen LogP) is 4.67. The number of rotatable bonds is 4. The van der Waals surface area contributed by atoms with Crippen molar-refractivity contribution in [2.45, 2.75) is 13.5 Å². The smallest absolute Gasteiger partial charge is 0.290 e. The molecule has 1 heterocycles. The minimum absolute atomic E-state index is 0.250. The molecule has 0 aliphatic heterocycles. The first-order valence-corrected chi connectivity index (χ1v) is 9.24. The lowest BCUT2D eigenvalue weighted by Gasteiger charge is -2.10. The Labute approximate surface area is 174 Å². The summed E-state index contributed by atoms with van der Waals surface area (Å²) in [4.78, 5) is 8.36. The second-order valence-corrected chi connectivity index (χ2v) is 6.60. The number of nitrogens with two attached hydrogens (primary N) is 1. The van der Waals surface area contributed by atoms with Gasteiger partial charge < -0.3 is 20.1 Å². The van der Waals surface area contributed by atoms with Crippen LogP contribution < -0.4 is 10.5 Å². The van der Waals surface area contributed by atoms with E-state index in [2.05, 4.69) is 6.07 Å². The summed E-state index contributed by atoms with van der Waals surface area (Å²) < 4.78 is 8.04. The number of nitrogens with zero attached hydrogens (tertiary/aromatic N) is 2. The maximum atomic E-state index is 9.66. The highest BCUT2D eigenvalue weighted by atomic mass is 16.5. The monoisotopic (exact) mass is 399 g/mol. The fraction of sp³-hybridized carbons (Fsp3) is 0.0833. The number of nitrogen functional groups attached to an aromatic ring is 1. The van der Waals surface area contributed by atoms with Gasteiger partial charge in [0.15, 0.2) is 0 Å². The number of hydrogen-bond donors (Lipinski definition) is 2. The van der Waals surface area contributed by atoms with E-state index in [1.807, 2.05) is 84.4 Å². The second-order valence-electron chi connectivity index (χ2n) is 6.60. The van der Waals surface area contributed by atoms with Crippen LogP contribution in [0.1, 0.15) is 16.7 Å². The van der Waals surface area contributed by atoms with Gasteiger partial charge in [-0.05, 0) is 42.3 Å². The lowest BCUT2D eigenvalue weighted by atomic mass is 10.1. The molecule has 4 aromatic rings. The first-order valence-electron chi connectivity index (χ1n) is 9.24.